The van der Waals surface area contributed by atoms with Gasteiger partial charge in [0.15, 0.2) is 0 Å². The third kappa shape index (κ3) is 5.78. The summed E-state index contributed by atoms with van der Waals surface area (Å²) in [6, 6.07) is 15.6. The molecule has 2 aromatic carbocycles. The molecule has 0 spiro atoms. The summed E-state index contributed by atoms with van der Waals surface area (Å²) in [4.78, 5) is 14.5. The Hall–Kier alpha value is -4.31. The Balaban J connectivity index is 1.40. The molecule has 0 aliphatic rings. The van der Waals surface area contributed by atoms with Crippen LogP contribution in [0.3, 0.4) is 0 Å². The van der Waals surface area contributed by atoms with Crippen LogP contribution in [-0.2, 0) is 13.1 Å². The topological polar surface area (TPSA) is 85.5 Å². The molecular weight excluding hydrogens is 533 g/mol. The van der Waals surface area contributed by atoms with E-state index >= 15 is 0 Å². The summed E-state index contributed by atoms with van der Waals surface area (Å²) in [6.07, 6.45) is 9.31. The first-order chi connectivity index (χ1) is 19.6. The van der Waals surface area contributed by atoms with Gasteiger partial charge >= 0.3 is 0 Å². The van der Waals surface area contributed by atoms with Gasteiger partial charge in [-0.1, -0.05) is 17.8 Å². The molecule has 0 amide bonds. The number of hydrogen-bond donors (Lipinski definition) is 3. The Kier molecular flexibility index (Phi) is 6.94. The first-order valence-electron chi connectivity index (χ1n) is 13.2. The van der Waals surface area contributed by atoms with Gasteiger partial charge in [-0.15, -0.1) is 0 Å². The van der Waals surface area contributed by atoms with E-state index in [1.807, 2.05) is 44.9 Å². The SMILES string of the molecule is C=S(=C)(C)NCc1cc(F)cc(-c2cncc3[nH]c(-c4n[nH]c5ccc(-c6cncc(CN(C)C)c6)cc45)cc23)c1. The van der Waals surface area contributed by atoms with Gasteiger partial charge in [0.1, 0.15) is 11.5 Å². The zero-order valence-electron chi connectivity index (χ0n) is 23.3. The van der Waals surface area contributed by atoms with Crippen LogP contribution in [0.5, 0.6) is 0 Å². The third-order valence-electron chi connectivity index (χ3n) is 6.88. The predicted octanol–water partition coefficient (Wildman–Crippen LogP) is 6.34. The van der Waals surface area contributed by atoms with Gasteiger partial charge < -0.3 is 9.88 Å². The van der Waals surface area contributed by atoms with Gasteiger partial charge in [-0.25, -0.2) is 4.39 Å². The molecule has 6 rings (SSSR count). The van der Waals surface area contributed by atoms with E-state index in [2.05, 4.69) is 70.8 Å². The fourth-order valence-electron chi connectivity index (χ4n) is 5.07. The Morgan fingerprint density at radius 3 is 2.46 bits per heavy atom. The maximum absolute atomic E-state index is 14.7. The Morgan fingerprint density at radius 1 is 0.854 bits per heavy atom. The number of fused-ring (bicyclic) bond motifs is 2. The monoisotopic (exact) mass is 565 g/mol. The van der Waals surface area contributed by atoms with Crippen LogP contribution in [0.1, 0.15) is 11.1 Å². The van der Waals surface area contributed by atoms with Crippen molar-refractivity contribution in [2.45, 2.75) is 13.1 Å². The smallest absolute Gasteiger partial charge is 0.124 e. The van der Waals surface area contributed by atoms with Gasteiger partial charge in [-0.05, 0) is 85.1 Å². The summed E-state index contributed by atoms with van der Waals surface area (Å²) in [5, 5.41) is 9.75. The molecule has 7 nitrogen and oxygen atoms in total. The number of pyridine rings is 2. The van der Waals surface area contributed by atoms with E-state index in [1.54, 1.807) is 18.5 Å². The van der Waals surface area contributed by atoms with Crippen LogP contribution in [-0.4, -0.2) is 62.1 Å². The minimum Gasteiger partial charge on any atom is -0.352 e. The predicted molar refractivity (Wildman–Crippen MR) is 172 cm³/mol. The largest absolute Gasteiger partial charge is 0.352 e. The van der Waals surface area contributed by atoms with Crippen LogP contribution in [0.15, 0.2) is 73.3 Å². The minimum atomic E-state index is -1.42. The van der Waals surface area contributed by atoms with E-state index in [4.69, 9.17) is 0 Å². The highest BCUT2D eigenvalue weighted by molar-refractivity contribution is 8.25. The maximum Gasteiger partial charge on any atom is 0.124 e. The van der Waals surface area contributed by atoms with Gasteiger partial charge in [0, 0.05) is 53.6 Å². The van der Waals surface area contributed by atoms with Gasteiger partial charge in [0.25, 0.3) is 0 Å². The van der Waals surface area contributed by atoms with Crippen molar-refractivity contribution in [1.82, 2.24) is 34.8 Å². The molecular formula is C32H32FN7S. The second-order valence-electron chi connectivity index (χ2n) is 10.9. The molecule has 41 heavy (non-hydrogen) atoms. The number of nitrogens with one attached hydrogen (secondary N) is 3. The number of H-pyrrole nitrogens is 2. The zero-order valence-corrected chi connectivity index (χ0v) is 24.1. The van der Waals surface area contributed by atoms with Crippen molar-refractivity contribution in [3.63, 3.8) is 0 Å². The van der Waals surface area contributed by atoms with Crippen molar-refractivity contribution in [1.29, 1.82) is 0 Å². The molecule has 6 aromatic rings. The lowest BCUT2D eigenvalue weighted by Gasteiger charge is -2.12. The van der Waals surface area contributed by atoms with Crippen LogP contribution < -0.4 is 4.72 Å². The van der Waals surface area contributed by atoms with E-state index in [9.17, 15) is 4.39 Å². The average Bonchev–Trinajstić information content (AvgIpc) is 3.54. The average molecular weight is 566 g/mol. The highest BCUT2D eigenvalue weighted by atomic mass is 32.2. The third-order valence-corrected chi connectivity index (χ3v) is 7.73. The molecule has 4 aromatic heterocycles. The van der Waals surface area contributed by atoms with Crippen molar-refractivity contribution in [3.05, 3.63) is 90.3 Å². The van der Waals surface area contributed by atoms with E-state index in [1.165, 1.54) is 6.07 Å². The van der Waals surface area contributed by atoms with Crippen LogP contribution in [0.4, 0.5) is 4.39 Å². The van der Waals surface area contributed by atoms with E-state index in [0.717, 1.165) is 73.1 Å². The maximum atomic E-state index is 14.7. The summed E-state index contributed by atoms with van der Waals surface area (Å²) >= 11 is 0. The standard InChI is InChI=1S/C32H32FN7S/c1-40(2)19-21-9-24(16-34-14-21)22-6-7-29-27(12-22)32(39-38-29)30-13-26-28(17-35-18-31(26)37-30)23-8-20(10-25(33)11-23)15-36-41(3,4)5/h6-14,16-18,36-37H,3-4,15,19H2,1-2,5H3,(H,38,39). The number of benzene rings is 2. The number of aromatic nitrogens is 5. The molecule has 0 unspecified atom stereocenters. The molecule has 0 aliphatic heterocycles. The summed E-state index contributed by atoms with van der Waals surface area (Å²) in [5.41, 5.74) is 9.14. The second kappa shape index (κ2) is 10.6. The van der Waals surface area contributed by atoms with Crippen molar-refractivity contribution in [3.8, 4) is 33.6 Å². The molecule has 0 atom stereocenters. The number of nitrogens with zero attached hydrogens (tertiary/aromatic N) is 4. The van der Waals surface area contributed by atoms with Crippen LogP contribution >= 0.6 is 9.39 Å². The summed E-state index contributed by atoms with van der Waals surface area (Å²) in [7, 11) is 2.67. The summed E-state index contributed by atoms with van der Waals surface area (Å²) < 4.78 is 18.0. The van der Waals surface area contributed by atoms with Crippen LogP contribution in [0.2, 0.25) is 0 Å². The van der Waals surface area contributed by atoms with Crippen molar-refractivity contribution >= 4 is 42.9 Å². The molecule has 0 bridgehead atoms. The fraction of sp³-hybridized carbons (Fsp3) is 0.156. The van der Waals surface area contributed by atoms with Crippen molar-refractivity contribution < 1.29 is 4.39 Å². The van der Waals surface area contributed by atoms with Gasteiger partial charge in [0.05, 0.1) is 22.9 Å². The molecule has 0 fully saturated rings. The molecule has 0 aliphatic carbocycles. The molecule has 0 saturated carbocycles. The molecule has 0 saturated heterocycles. The molecule has 208 valence electrons. The quantitative estimate of drug-likeness (QED) is 0.188. The van der Waals surface area contributed by atoms with Crippen molar-refractivity contribution in [2.75, 3.05) is 20.4 Å². The zero-order chi connectivity index (χ0) is 28.7. The number of hydrogen-bond acceptors (Lipinski definition) is 5. The summed E-state index contributed by atoms with van der Waals surface area (Å²) in [5.74, 6) is 7.81. The number of halogens is 1. The van der Waals surface area contributed by atoms with Gasteiger partial charge in [-0.3, -0.25) is 19.8 Å². The first-order valence-corrected chi connectivity index (χ1v) is 15.5. The minimum absolute atomic E-state index is 0.299. The van der Waals surface area contributed by atoms with Crippen LogP contribution in [0, 0.1) is 5.82 Å². The molecule has 0 radical (unpaired) electrons. The highest BCUT2D eigenvalue weighted by Gasteiger charge is 2.16. The van der Waals surface area contributed by atoms with Crippen molar-refractivity contribution in [2.24, 2.45) is 0 Å². The summed E-state index contributed by atoms with van der Waals surface area (Å²) in [6.45, 7) is 1.31. The second-order valence-corrected chi connectivity index (χ2v) is 13.8. The van der Waals surface area contributed by atoms with E-state index < -0.39 is 9.39 Å². The first kappa shape index (κ1) is 26.9. The Labute approximate surface area is 239 Å². The normalized spacial score (nSPS) is 12.1. The molecule has 4 heterocycles. The number of rotatable bonds is 8. The fourth-order valence-corrected chi connectivity index (χ4v) is 5.59. The van der Waals surface area contributed by atoms with Crippen LogP contribution in [0.25, 0.3) is 55.4 Å². The highest BCUT2D eigenvalue weighted by Crippen LogP contribution is 2.35. The lowest BCUT2D eigenvalue weighted by molar-refractivity contribution is 0.402. The lowest BCUT2D eigenvalue weighted by Crippen LogP contribution is -2.10. The molecule has 9 heteroatoms. The molecule has 3 N–H and O–H groups in total. The lowest BCUT2D eigenvalue weighted by atomic mass is 10.0. The number of aromatic amines is 2. The Bertz CT molecular complexity index is 2000. The Morgan fingerprint density at radius 2 is 1.66 bits per heavy atom. The van der Waals surface area contributed by atoms with Gasteiger partial charge in [0.2, 0.25) is 0 Å². The van der Waals surface area contributed by atoms with E-state index in [0.29, 0.717) is 6.54 Å². The van der Waals surface area contributed by atoms with E-state index in [-0.39, 0.29) is 5.82 Å². The van der Waals surface area contributed by atoms with Gasteiger partial charge in [-0.2, -0.15) is 14.5 Å².